The van der Waals surface area contributed by atoms with Crippen molar-refractivity contribution in [2.75, 3.05) is 0 Å². The van der Waals surface area contributed by atoms with Gasteiger partial charge in [-0.05, 0) is 30.0 Å². The van der Waals surface area contributed by atoms with Crippen LogP contribution < -0.4 is 0 Å². The molecule has 0 aliphatic carbocycles. The third kappa shape index (κ3) is 3.16. The first kappa shape index (κ1) is 12.3. The molecule has 5 heteroatoms. The Morgan fingerprint density at radius 1 is 1.18 bits per heavy atom. The first-order chi connectivity index (χ1) is 7.96. The number of hydrogen-bond acceptors (Lipinski definition) is 0. The summed E-state index contributed by atoms with van der Waals surface area (Å²) < 4.78 is 37.9. The number of aryl methyl sites for hydroxylation is 1. The van der Waals surface area contributed by atoms with E-state index in [4.69, 9.17) is 11.6 Å². The summed E-state index contributed by atoms with van der Waals surface area (Å²) >= 11 is 5.86. The van der Waals surface area contributed by atoms with Gasteiger partial charge in [0.05, 0.1) is 0 Å². The van der Waals surface area contributed by atoms with Crippen LogP contribution in [0.2, 0.25) is 5.02 Å². The molecule has 0 saturated heterocycles. The molecule has 1 aromatic carbocycles. The summed E-state index contributed by atoms with van der Waals surface area (Å²) in [6.45, 7) is 0.351. The number of benzene rings is 1. The van der Waals surface area contributed by atoms with Crippen molar-refractivity contribution in [3.8, 4) is 0 Å². The highest BCUT2D eigenvalue weighted by Gasteiger charge is 2.26. The summed E-state index contributed by atoms with van der Waals surface area (Å²) in [7, 11) is 0. The number of alkyl halides is 3. The van der Waals surface area contributed by atoms with Crippen LogP contribution in [0.25, 0.3) is 10.9 Å². The molecule has 0 amide bonds. The van der Waals surface area contributed by atoms with Crippen LogP contribution in [0.3, 0.4) is 0 Å². The second-order valence-corrected chi connectivity index (χ2v) is 4.37. The zero-order valence-electron chi connectivity index (χ0n) is 8.97. The highest BCUT2D eigenvalue weighted by molar-refractivity contribution is 6.31. The SMILES string of the molecule is FC(F)(F)CCCn1ccc2ccc(Cl)cc21. The Morgan fingerprint density at radius 2 is 1.94 bits per heavy atom. The lowest BCUT2D eigenvalue weighted by molar-refractivity contribution is -0.135. The number of nitrogens with zero attached hydrogens (tertiary/aromatic N) is 1. The lowest BCUT2D eigenvalue weighted by Crippen LogP contribution is -2.08. The van der Waals surface area contributed by atoms with Gasteiger partial charge in [0.1, 0.15) is 0 Å². The molecule has 0 unspecified atom stereocenters. The first-order valence-corrected chi connectivity index (χ1v) is 5.65. The molecule has 0 bridgehead atoms. The summed E-state index contributed by atoms with van der Waals surface area (Å²) in [5.74, 6) is 0. The van der Waals surface area contributed by atoms with Crippen LogP contribution in [0.4, 0.5) is 13.2 Å². The normalized spacial score (nSPS) is 12.2. The van der Waals surface area contributed by atoms with Gasteiger partial charge in [-0.1, -0.05) is 17.7 Å². The number of aromatic nitrogens is 1. The average molecular weight is 262 g/mol. The van der Waals surface area contributed by atoms with E-state index in [0.29, 0.717) is 11.6 Å². The Kier molecular flexibility index (Phi) is 3.33. The van der Waals surface area contributed by atoms with Gasteiger partial charge in [0, 0.05) is 29.7 Å². The van der Waals surface area contributed by atoms with E-state index in [0.717, 1.165) is 10.9 Å². The molecule has 0 N–H and O–H groups in total. The molecule has 2 aromatic rings. The fourth-order valence-corrected chi connectivity index (χ4v) is 1.97. The zero-order chi connectivity index (χ0) is 12.5. The van der Waals surface area contributed by atoms with Crippen LogP contribution in [0.5, 0.6) is 0 Å². The minimum Gasteiger partial charge on any atom is -0.347 e. The predicted octanol–water partition coefficient (Wildman–Crippen LogP) is 4.64. The Labute approximate surface area is 102 Å². The lowest BCUT2D eigenvalue weighted by atomic mass is 10.2. The van der Waals surface area contributed by atoms with Crippen LogP contribution in [0.1, 0.15) is 12.8 Å². The fourth-order valence-electron chi connectivity index (χ4n) is 1.80. The Hall–Kier alpha value is -1.16. The van der Waals surface area contributed by atoms with Crippen LogP contribution in [-0.4, -0.2) is 10.7 Å². The van der Waals surface area contributed by atoms with E-state index in [1.165, 1.54) is 0 Å². The molecule has 0 fully saturated rings. The maximum atomic E-state index is 12.0. The maximum Gasteiger partial charge on any atom is 0.389 e. The van der Waals surface area contributed by atoms with E-state index in [-0.39, 0.29) is 6.42 Å². The molecule has 17 heavy (non-hydrogen) atoms. The third-order valence-electron chi connectivity index (χ3n) is 2.60. The van der Waals surface area contributed by atoms with Crippen molar-refractivity contribution >= 4 is 22.5 Å². The molecule has 0 saturated carbocycles. The summed E-state index contributed by atoms with van der Waals surface area (Å²) in [4.78, 5) is 0. The Balaban J connectivity index is 2.11. The smallest absolute Gasteiger partial charge is 0.347 e. The number of hydrogen-bond donors (Lipinski definition) is 0. The van der Waals surface area contributed by atoms with Crippen molar-refractivity contribution in [3.05, 3.63) is 35.5 Å². The molecular formula is C12H11ClF3N. The van der Waals surface area contributed by atoms with Crippen LogP contribution in [0, 0.1) is 0 Å². The summed E-state index contributed by atoms with van der Waals surface area (Å²) in [6.07, 6.45) is -2.97. The molecule has 1 aromatic heterocycles. The summed E-state index contributed by atoms with van der Waals surface area (Å²) in [5.41, 5.74) is 0.875. The fraction of sp³-hybridized carbons (Fsp3) is 0.333. The maximum absolute atomic E-state index is 12.0. The van der Waals surface area contributed by atoms with Crippen molar-refractivity contribution < 1.29 is 13.2 Å². The van der Waals surface area contributed by atoms with Gasteiger partial charge in [0.25, 0.3) is 0 Å². The minimum absolute atomic E-state index is 0.0831. The molecule has 0 aliphatic rings. The molecular weight excluding hydrogens is 251 g/mol. The molecule has 1 nitrogen and oxygen atoms in total. The van der Waals surface area contributed by atoms with Crippen molar-refractivity contribution in [2.45, 2.75) is 25.6 Å². The van der Waals surface area contributed by atoms with Gasteiger partial charge >= 0.3 is 6.18 Å². The number of fused-ring (bicyclic) bond motifs is 1. The Morgan fingerprint density at radius 3 is 2.65 bits per heavy atom. The minimum atomic E-state index is -4.08. The van der Waals surface area contributed by atoms with Crippen molar-refractivity contribution in [3.63, 3.8) is 0 Å². The van der Waals surface area contributed by atoms with Crippen molar-refractivity contribution in [1.82, 2.24) is 4.57 Å². The summed E-state index contributed by atoms with van der Waals surface area (Å²) in [6, 6.07) is 7.27. The third-order valence-corrected chi connectivity index (χ3v) is 2.83. The van der Waals surface area contributed by atoms with Crippen molar-refractivity contribution in [2.24, 2.45) is 0 Å². The van der Waals surface area contributed by atoms with Gasteiger partial charge in [-0.15, -0.1) is 0 Å². The standard InChI is InChI=1S/C12H11ClF3N/c13-10-3-2-9-4-7-17(11(9)8-10)6-1-5-12(14,15)16/h2-4,7-8H,1,5-6H2. The molecule has 1 heterocycles. The molecule has 0 aliphatic heterocycles. The Bertz CT molecular complexity index is 516. The molecule has 92 valence electrons. The van der Waals surface area contributed by atoms with E-state index in [1.54, 1.807) is 22.9 Å². The van der Waals surface area contributed by atoms with Gasteiger partial charge in [-0.25, -0.2) is 0 Å². The van der Waals surface area contributed by atoms with Crippen LogP contribution >= 0.6 is 11.6 Å². The largest absolute Gasteiger partial charge is 0.389 e. The number of halogens is 4. The van der Waals surface area contributed by atoms with Crippen LogP contribution in [-0.2, 0) is 6.54 Å². The van der Waals surface area contributed by atoms with Gasteiger partial charge < -0.3 is 4.57 Å². The summed E-state index contributed by atoms with van der Waals surface area (Å²) in [5, 5.41) is 1.58. The quantitative estimate of drug-likeness (QED) is 0.759. The van der Waals surface area contributed by atoms with Gasteiger partial charge in [-0.3, -0.25) is 0 Å². The average Bonchev–Trinajstić information content (AvgIpc) is 2.59. The second-order valence-electron chi connectivity index (χ2n) is 3.93. The zero-order valence-corrected chi connectivity index (χ0v) is 9.72. The molecule has 0 spiro atoms. The topological polar surface area (TPSA) is 4.93 Å². The number of rotatable bonds is 3. The van der Waals surface area contributed by atoms with E-state index >= 15 is 0 Å². The monoisotopic (exact) mass is 261 g/mol. The molecule has 0 atom stereocenters. The van der Waals surface area contributed by atoms with Crippen molar-refractivity contribution in [1.29, 1.82) is 0 Å². The molecule has 0 radical (unpaired) electrons. The molecule has 2 rings (SSSR count). The highest BCUT2D eigenvalue weighted by Crippen LogP contribution is 2.24. The van der Waals surface area contributed by atoms with Gasteiger partial charge in [-0.2, -0.15) is 13.2 Å². The van der Waals surface area contributed by atoms with E-state index in [2.05, 4.69) is 0 Å². The highest BCUT2D eigenvalue weighted by atomic mass is 35.5. The van der Waals surface area contributed by atoms with Crippen LogP contribution in [0.15, 0.2) is 30.5 Å². The second kappa shape index (κ2) is 4.61. The van der Waals surface area contributed by atoms with Gasteiger partial charge in [0.15, 0.2) is 0 Å². The lowest BCUT2D eigenvalue weighted by Gasteiger charge is -2.08. The van der Waals surface area contributed by atoms with E-state index in [9.17, 15) is 13.2 Å². The first-order valence-electron chi connectivity index (χ1n) is 5.27. The van der Waals surface area contributed by atoms with Gasteiger partial charge in [0.2, 0.25) is 0 Å². The predicted molar refractivity (Wildman–Crippen MR) is 62.2 cm³/mol. The van der Waals surface area contributed by atoms with E-state index in [1.807, 2.05) is 12.1 Å². The van der Waals surface area contributed by atoms with E-state index < -0.39 is 12.6 Å².